The van der Waals surface area contributed by atoms with Gasteiger partial charge in [-0.25, -0.2) is 0 Å². The summed E-state index contributed by atoms with van der Waals surface area (Å²) in [6, 6.07) is 0.165. The van der Waals surface area contributed by atoms with Gasteiger partial charge in [-0.05, 0) is 32.2 Å². The highest BCUT2D eigenvalue weighted by Crippen LogP contribution is 2.13. The van der Waals surface area contributed by atoms with Gasteiger partial charge in [0.05, 0.1) is 6.54 Å². The molecule has 5 nitrogen and oxygen atoms in total. The van der Waals surface area contributed by atoms with E-state index >= 15 is 0 Å². The summed E-state index contributed by atoms with van der Waals surface area (Å²) in [4.78, 5) is 24.7. The zero-order valence-corrected chi connectivity index (χ0v) is 11.1. The molecule has 1 saturated heterocycles. The van der Waals surface area contributed by atoms with E-state index in [9.17, 15) is 9.59 Å². The average Bonchev–Trinajstić information content (AvgIpc) is 2.34. The van der Waals surface area contributed by atoms with Crippen LogP contribution in [0.25, 0.3) is 0 Å². The number of hydrogen-bond acceptors (Lipinski definition) is 4. The van der Waals surface area contributed by atoms with E-state index in [0.717, 1.165) is 31.7 Å². The molecule has 0 bridgehead atoms. The first-order valence-corrected chi connectivity index (χ1v) is 7.32. The lowest BCUT2D eigenvalue weighted by atomic mass is 10.0. The molecule has 3 N–H and O–H groups in total. The minimum Gasteiger partial charge on any atom is -0.368 e. The molecule has 0 aliphatic carbocycles. The number of nitrogens with zero attached hydrogens (tertiary/aromatic N) is 1. The number of piperidine rings is 1. The van der Waals surface area contributed by atoms with Crippen molar-refractivity contribution in [1.29, 1.82) is 0 Å². The molecule has 0 unspecified atom stereocenters. The number of carbonyl (C=O) groups is 2. The number of thioether (sulfide) groups is 1. The van der Waals surface area contributed by atoms with Crippen molar-refractivity contribution in [1.82, 2.24) is 10.2 Å². The Morgan fingerprint density at radius 1 is 1.41 bits per heavy atom. The molecule has 1 rings (SSSR count). The molecule has 1 heterocycles. The van der Waals surface area contributed by atoms with E-state index in [4.69, 9.17) is 5.73 Å². The van der Waals surface area contributed by atoms with Crippen LogP contribution in [0.3, 0.4) is 0 Å². The summed E-state index contributed by atoms with van der Waals surface area (Å²) in [7, 11) is 0. The average molecular weight is 259 g/mol. The molecule has 0 aromatic rings. The van der Waals surface area contributed by atoms with Gasteiger partial charge in [0, 0.05) is 18.2 Å². The van der Waals surface area contributed by atoms with Crippen molar-refractivity contribution in [2.24, 2.45) is 5.73 Å². The van der Waals surface area contributed by atoms with Crippen LogP contribution in [0.2, 0.25) is 0 Å². The monoisotopic (exact) mass is 259 g/mol. The molecule has 0 radical (unpaired) electrons. The van der Waals surface area contributed by atoms with Gasteiger partial charge < -0.3 is 16.0 Å². The van der Waals surface area contributed by atoms with Crippen LogP contribution in [0, 0.1) is 0 Å². The molecule has 0 spiro atoms. The van der Waals surface area contributed by atoms with Crippen LogP contribution >= 0.6 is 11.8 Å². The second kappa shape index (κ2) is 7.55. The summed E-state index contributed by atoms with van der Waals surface area (Å²) < 4.78 is 0. The van der Waals surface area contributed by atoms with E-state index < -0.39 is 5.91 Å². The molecule has 6 heteroatoms. The summed E-state index contributed by atoms with van der Waals surface area (Å²) in [5.74, 6) is 0.407. The maximum Gasteiger partial charge on any atom is 0.237 e. The van der Waals surface area contributed by atoms with Gasteiger partial charge in [-0.1, -0.05) is 0 Å². The Labute approximate surface area is 106 Å². The Balaban J connectivity index is 2.57. The van der Waals surface area contributed by atoms with Gasteiger partial charge in [0.2, 0.25) is 11.8 Å². The molecular weight excluding hydrogens is 238 g/mol. The number of nitrogens with two attached hydrogens (primary N) is 1. The predicted octanol–water partition coefficient (Wildman–Crippen LogP) is -0.195. The van der Waals surface area contributed by atoms with Gasteiger partial charge >= 0.3 is 0 Å². The van der Waals surface area contributed by atoms with Crippen molar-refractivity contribution in [3.63, 3.8) is 0 Å². The summed E-state index contributed by atoms with van der Waals surface area (Å²) >= 11 is 1.64. The lowest BCUT2D eigenvalue weighted by molar-refractivity contribution is -0.137. The molecule has 1 aliphatic heterocycles. The van der Waals surface area contributed by atoms with Crippen molar-refractivity contribution in [3.05, 3.63) is 0 Å². The fraction of sp³-hybridized carbons (Fsp3) is 0.818. The minimum atomic E-state index is -0.430. The molecule has 1 aliphatic rings. The van der Waals surface area contributed by atoms with E-state index in [1.165, 1.54) is 0 Å². The Morgan fingerprint density at radius 3 is 2.59 bits per heavy atom. The summed E-state index contributed by atoms with van der Waals surface area (Å²) in [5, 5.41) is 3.25. The van der Waals surface area contributed by atoms with Crippen molar-refractivity contribution in [2.75, 3.05) is 31.6 Å². The van der Waals surface area contributed by atoms with Crippen molar-refractivity contribution >= 4 is 23.6 Å². The van der Waals surface area contributed by atoms with Crippen LogP contribution in [0.4, 0.5) is 0 Å². The molecule has 0 aromatic heterocycles. The minimum absolute atomic E-state index is 0.0463. The zero-order chi connectivity index (χ0) is 12.7. The Bertz CT molecular complexity index is 267. The second-order valence-electron chi connectivity index (χ2n) is 4.21. The van der Waals surface area contributed by atoms with Gasteiger partial charge in [0.1, 0.15) is 0 Å². The topological polar surface area (TPSA) is 75.4 Å². The molecule has 0 saturated carbocycles. The van der Waals surface area contributed by atoms with Gasteiger partial charge in [-0.15, -0.1) is 0 Å². The third-order valence-electron chi connectivity index (χ3n) is 2.92. The summed E-state index contributed by atoms with van der Waals surface area (Å²) in [6.45, 7) is 1.85. The first kappa shape index (κ1) is 14.3. The van der Waals surface area contributed by atoms with Gasteiger partial charge in [0.25, 0.3) is 0 Å². The lowest BCUT2D eigenvalue weighted by Crippen LogP contribution is -2.49. The van der Waals surface area contributed by atoms with Crippen LogP contribution in [0.1, 0.15) is 19.3 Å². The Kier molecular flexibility index (Phi) is 6.36. The molecule has 0 aromatic carbocycles. The van der Waals surface area contributed by atoms with Crippen LogP contribution < -0.4 is 11.1 Å². The van der Waals surface area contributed by atoms with Crippen molar-refractivity contribution in [2.45, 2.75) is 25.3 Å². The van der Waals surface area contributed by atoms with Crippen LogP contribution in [-0.4, -0.2) is 54.4 Å². The van der Waals surface area contributed by atoms with Crippen molar-refractivity contribution < 1.29 is 9.59 Å². The molecule has 1 fully saturated rings. The number of amides is 2. The van der Waals surface area contributed by atoms with E-state index in [1.54, 1.807) is 16.7 Å². The largest absolute Gasteiger partial charge is 0.368 e. The van der Waals surface area contributed by atoms with Gasteiger partial charge in [-0.3, -0.25) is 9.59 Å². The van der Waals surface area contributed by atoms with E-state index in [-0.39, 0.29) is 18.5 Å². The lowest BCUT2D eigenvalue weighted by Gasteiger charge is -2.34. The standard InChI is InChI=1S/C11H21N3O2S/c1-17-7-4-11(16)14(8-10(12)15)9-2-5-13-6-3-9/h9,13H,2-8H2,1H3,(H2,12,15). The first-order chi connectivity index (χ1) is 8.15. The third kappa shape index (κ3) is 4.95. The fourth-order valence-electron chi connectivity index (χ4n) is 2.04. The van der Waals surface area contributed by atoms with Crippen LogP contribution in [0.15, 0.2) is 0 Å². The third-order valence-corrected chi connectivity index (χ3v) is 3.53. The number of carbonyl (C=O) groups excluding carboxylic acids is 2. The number of primary amides is 1. The maximum absolute atomic E-state index is 12.0. The summed E-state index contributed by atoms with van der Waals surface area (Å²) in [5.41, 5.74) is 5.21. The van der Waals surface area contributed by atoms with Crippen molar-refractivity contribution in [3.8, 4) is 0 Å². The smallest absolute Gasteiger partial charge is 0.237 e. The number of rotatable bonds is 6. The van der Waals surface area contributed by atoms with Gasteiger partial charge in [-0.2, -0.15) is 11.8 Å². The Morgan fingerprint density at radius 2 is 2.06 bits per heavy atom. The maximum atomic E-state index is 12.0. The number of nitrogens with one attached hydrogen (secondary N) is 1. The first-order valence-electron chi connectivity index (χ1n) is 5.92. The van der Waals surface area contributed by atoms with Gasteiger partial charge in [0.15, 0.2) is 0 Å². The number of hydrogen-bond donors (Lipinski definition) is 2. The quantitative estimate of drug-likeness (QED) is 0.693. The van der Waals surface area contributed by atoms with E-state index in [1.807, 2.05) is 6.26 Å². The zero-order valence-electron chi connectivity index (χ0n) is 10.3. The molecule has 0 atom stereocenters. The second-order valence-corrected chi connectivity index (χ2v) is 5.20. The highest BCUT2D eigenvalue weighted by Gasteiger charge is 2.25. The highest BCUT2D eigenvalue weighted by molar-refractivity contribution is 7.98. The molecule has 17 heavy (non-hydrogen) atoms. The SMILES string of the molecule is CSCCC(=O)N(CC(N)=O)C1CCNCC1. The van der Waals surface area contributed by atoms with Crippen LogP contribution in [0.5, 0.6) is 0 Å². The van der Waals surface area contributed by atoms with E-state index in [0.29, 0.717) is 6.42 Å². The molecule has 2 amide bonds. The fourth-order valence-corrected chi connectivity index (χ4v) is 2.42. The molecular formula is C11H21N3O2S. The van der Waals surface area contributed by atoms with Crippen LogP contribution in [-0.2, 0) is 9.59 Å². The van der Waals surface area contributed by atoms with E-state index in [2.05, 4.69) is 5.32 Å². The Hall–Kier alpha value is -0.750. The normalized spacial score (nSPS) is 16.8. The summed E-state index contributed by atoms with van der Waals surface area (Å²) in [6.07, 6.45) is 4.26. The highest BCUT2D eigenvalue weighted by atomic mass is 32.2. The molecule has 98 valence electrons. The predicted molar refractivity (Wildman–Crippen MR) is 69.8 cm³/mol.